The highest BCUT2D eigenvalue weighted by Gasteiger charge is 2.22. The lowest BCUT2D eigenvalue weighted by molar-refractivity contribution is -0.385. The predicted molar refractivity (Wildman–Crippen MR) is 89.9 cm³/mol. The third kappa shape index (κ3) is 4.35. The Balaban J connectivity index is 1.49. The molecule has 1 N–H and O–H groups in total. The highest BCUT2D eigenvalue weighted by molar-refractivity contribution is 7.09. The zero-order valence-corrected chi connectivity index (χ0v) is 13.9. The van der Waals surface area contributed by atoms with E-state index < -0.39 is 11.0 Å². The molecule has 1 aliphatic heterocycles. The van der Waals surface area contributed by atoms with Gasteiger partial charge >= 0.3 is 0 Å². The van der Waals surface area contributed by atoms with E-state index in [2.05, 4.69) is 9.88 Å². The van der Waals surface area contributed by atoms with Gasteiger partial charge in [0.05, 0.1) is 24.2 Å². The Kier molecular flexibility index (Phi) is 5.52. The molecule has 24 heavy (non-hydrogen) atoms. The number of hydrogen-bond donors (Lipinski definition) is 1. The quantitative estimate of drug-likeness (QED) is 0.607. The van der Waals surface area contributed by atoms with Gasteiger partial charge in [0.25, 0.3) is 5.69 Å². The number of aromatic nitrogens is 1. The molecular formula is C16H19N3O4S. The molecule has 0 fully saturated rings. The van der Waals surface area contributed by atoms with E-state index >= 15 is 0 Å². The Morgan fingerprint density at radius 2 is 2.42 bits per heavy atom. The number of fused-ring (bicyclic) bond motifs is 1. The van der Waals surface area contributed by atoms with Crippen LogP contribution in [0.3, 0.4) is 0 Å². The third-order valence-corrected chi connectivity index (χ3v) is 4.77. The first-order chi connectivity index (χ1) is 11.6. The largest absolute Gasteiger partial charge is 0.389 e. The van der Waals surface area contributed by atoms with Gasteiger partial charge in [-0.15, -0.1) is 11.3 Å². The van der Waals surface area contributed by atoms with E-state index in [1.807, 2.05) is 17.5 Å². The van der Waals surface area contributed by atoms with Crippen molar-refractivity contribution in [1.29, 1.82) is 0 Å². The van der Waals surface area contributed by atoms with Gasteiger partial charge in [0.1, 0.15) is 6.20 Å². The zero-order valence-electron chi connectivity index (χ0n) is 13.1. The number of aliphatic hydroxyl groups excluding tert-OH is 1. The molecule has 0 saturated carbocycles. The van der Waals surface area contributed by atoms with Crippen LogP contribution in [0.5, 0.6) is 0 Å². The summed E-state index contributed by atoms with van der Waals surface area (Å²) in [4.78, 5) is 17.8. The monoisotopic (exact) mass is 349 g/mol. The van der Waals surface area contributed by atoms with Gasteiger partial charge in [0.2, 0.25) is 0 Å². The molecular weight excluding hydrogens is 330 g/mol. The van der Waals surface area contributed by atoms with Gasteiger partial charge in [-0.1, -0.05) is 6.07 Å². The molecule has 0 saturated heterocycles. The molecule has 1 aliphatic rings. The van der Waals surface area contributed by atoms with Gasteiger partial charge in [-0.25, -0.2) is 0 Å². The van der Waals surface area contributed by atoms with E-state index in [0.29, 0.717) is 19.7 Å². The fourth-order valence-corrected chi connectivity index (χ4v) is 3.41. The van der Waals surface area contributed by atoms with E-state index in [1.54, 1.807) is 17.4 Å². The molecule has 0 radical (unpaired) electrons. The first-order valence-electron chi connectivity index (χ1n) is 7.74. The average molecular weight is 349 g/mol. The van der Waals surface area contributed by atoms with Gasteiger partial charge < -0.3 is 9.84 Å². The fourth-order valence-electron chi connectivity index (χ4n) is 2.77. The minimum absolute atomic E-state index is 0.00966. The number of thiophene rings is 1. The molecule has 0 aromatic carbocycles. The molecule has 0 aliphatic carbocycles. The highest BCUT2D eigenvalue weighted by Crippen LogP contribution is 2.21. The molecule has 2 aromatic heterocycles. The van der Waals surface area contributed by atoms with E-state index in [0.717, 1.165) is 29.1 Å². The fraction of sp³-hybridized carbons (Fsp3) is 0.438. The second kappa shape index (κ2) is 7.80. The first-order valence-corrected chi connectivity index (χ1v) is 8.62. The molecule has 3 heterocycles. The van der Waals surface area contributed by atoms with Crippen molar-refractivity contribution in [3.63, 3.8) is 0 Å². The van der Waals surface area contributed by atoms with Crippen molar-refractivity contribution in [2.24, 2.45) is 0 Å². The third-order valence-electron chi connectivity index (χ3n) is 3.92. The van der Waals surface area contributed by atoms with Crippen molar-refractivity contribution in [2.45, 2.75) is 25.7 Å². The average Bonchev–Trinajstić information content (AvgIpc) is 3.07. The summed E-state index contributed by atoms with van der Waals surface area (Å²) < 4.78 is 5.53. The number of ether oxygens (including phenoxy) is 1. The Hall–Kier alpha value is -1.87. The SMILES string of the molecule is O=[N+]([O-])c1cnc2c(c1)CN(C[C@@H](O)COCc1cccs1)CC2. The van der Waals surface area contributed by atoms with Crippen molar-refractivity contribution in [1.82, 2.24) is 9.88 Å². The first kappa shape index (κ1) is 17.0. The number of rotatable bonds is 7. The molecule has 0 unspecified atom stereocenters. The summed E-state index contributed by atoms with van der Waals surface area (Å²) in [5.74, 6) is 0. The Morgan fingerprint density at radius 1 is 1.54 bits per heavy atom. The van der Waals surface area contributed by atoms with Crippen LogP contribution < -0.4 is 0 Å². The summed E-state index contributed by atoms with van der Waals surface area (Å²) in [6.07, 6.45) is 1.45. The Morgan fingerprint density at radius 3 is 3.17 bits per heavy atom. The summed E-state index contributed by atoms with van der Waals surface area (Å²) in [6.45, 7) is 2.60. The second-order valence-electron chi connectivity index (χ2n) is 5.79. The van der Waals surface area contributed by atoms with Gasteiger partial charge in [0.15, 0.2) is 0 Å². The lowest BCUT2D eigenvalue weighted by atomic mass is 10.0. The van der Waals surface area contributed by atoms with Crippen molar-refractivity contribution in [3.05, 3.63) is 56.0 Å². The van der Waals surface area contributed by atoms with Crippen molar-refractivity contribution in [2.75, 3.05) is 19.7 Å². The van der Waals surface area contributed by atoms with E-state index in [4.69, 9.17) is 4.74 Å². The standard InChI is InChI=1S/C16H19N3O4S/c20-14(10-23-11-15-2-1-5-24-15)9-18-4-3-16-12(8-18)6-13(7-17-16)19(21)22/h1-2,5-7,14,20H,3-4,8-11H2/t14-/m1/s1. The molecule has 7 nitrogen and oxygen atoms in total. The molecule has 8 heteroatoms. The van der Waals surface area contributed by atoms with Gasteiger partial charge in [-0.3, -0.25) is 20.0 Å². The molecule has 128 valence electrons. The number of β-amino-alcohol motifs (C(OH)–C–C–N with tert-alkyl or cyclic N) is 1. The summed E-state index contributed by atoms with van der Waals surface area (Å²) in [7, 11) is 0. The minimum atomic E-state index is -0.585. The molecule has 0 bridgehead atoms. The lowest BCUT2D eigenvalue weighted by Gasteiger charge is -2.29. The van der Waals surface area contributed by atoms with Crippen LogP contribution in [-0.4, -0.2) is 45.7 Å². The Bertz CT molecular complexity index is 693. The van der Waals surface area contributed by atoms with Crippen LogP contribution in [0, 0.1) is 10.1 Å². The van der Waals surface area contributed by atoms with Crippen LogP contribution in [0.1, 0.15) is 16.1 Å². The number of nitro groups is 1. The second-order valence-corrected chi connectivity index (χ2v) is 6.82. The molecule has 1 atom stereocenters. The van der Waals surface area contributed by atoms with Crippen LogP contribution >= 0.6 is 11.3 Å². The van der Waals surface area contributed by atoms with Crippen molar-refractivity contribution >= 4 is 17.0 Å². The van der Waals surface area contributed by atoms with Gasteiger partial charge in [0, 0.05) is 42.7 Å². The molecule has 2 aromatic rings. The van der Waals surface area contributed by atoms with Crippen LogP contribution in [0.4, 0.5) is 5.69 Å². The highest BCUT2D eigenvalue weighted by atomic mass is 32.1. The predicted octanol–water partition coefficient (Wildman–Crippen LogP) is 1.99. The number of hydrogen-bond acceptors (Lipinski definition) is 7. The minimum Gasteiger partial charge on any atom is -0.389 e. The summed E-state index contributed by atoms with van der Waals surface area (Å²) in [5.41, 5.74) is 1.78. The van der Waals surface area contributed by atoms with Gasteiger partial charge in [-0.2, -0.15) is 0 Å². The van der Waals surface area contributed by atoms with Gasteiger partial charge in [-0.05, 0) is 17.0 Å². The maximum Gasteiger partial charge on any atom is 0.287 e. The van der Waals surface area contributed by atoms with E-state index in [9.17, 15) is 15.2 Å². The van der Waals surface area contributed by atoms with Crippen molar-refractivity contribution < 1.29 is 14.8 Å². The smallest absolute Gasteiger partial charge is 0.287 e. The van der Waals surface area contributed by atoms with E-state index in [1.165, 1.54) is 6.20 Å². The van der Waals surface area contributed by atoms with E-state index in [-0.39, 0.29) is 12.3 Å². The topological polar surface area (TPSA) is 88.7 Å². The maximum absolute atomic E-state index is 10.9. The Labute approximate surface area is 143 Å². The molecule has 0 amide bonds. The summed E-state index contributed by atoms with van der Waals surface area (Å²) in [6, 6.07) is 5.55. The lowest BCUT2D eigenvalue weighted by Crippen LogP contribution is -2.38. The number of aliphatic hydroxyl groups is 1. The molecule has 0 spiro atoms. The summed E-state index contributed by atoms with van der Waals surface area (Å²) in [5, 5.41) is 23.0. The van der Waals surface area contributed by atoms with Crippen LogP contribution in [0.15, 0.2) is 29.8 Å². The number of pyridine rings is 1. The van der Waals surface area contributed by atoms with Crippen molar-refractivity contribution in [3.8, 4) is 0 Å². The van der Waals surface area contributed by atoms with Crippen LogP contribution in [0.2, 0.25) is 0 Å². The van der Waals surface area contributed by atoms with Crippen LogP contribution in [-0.2, 0) is 24.3 Å². The summed E-state index contributed by atoms with van der Waals surface area (Å²) >= 11 is 1.63. The normalized spacial score (nSPS) is 15.9. The number of nitrogens with zero attached hydrogens (tertiary/aromatic N) is 3. The maximum atomic E-state index is 10.9. The molecule has 3 rings (SSSR count). The van der Waals surface area contributed by atoms with Crippen LogP contribution in [0.25, 0.3) is 0 Å². The zero-order chi connectivity index (χ0) is 16.9.